The molecule has 0 unspecified atom stereocenters. The minimum atomic E-state index is 1.03. The molecule has 0 aromatic carbocycles. The van der Waals surface area contributed by atoms with E-state index in [0.717, 1.165) is 13.0 Å². The van der Waals surface area contributed by atoms with Crippen molar-refractivity contribution in [1.29, 1.82) is 0 Å². The van der Waals surface area contributed by atoms with Gasteiger partial charge in [-0.25, -0.2) is 4.98 Å². The Hall–Kier alpha value is -0.790. The summed E-state index contributed by atoms with van der Waals surface area (Å²) in [6.07, 6.45) is 6.14. The Balaban J connectivity index is 0.000000354. The molecular formula is C10H20N2. The Bertz CT molecular complexity index is 173. The van der Waals surface area contributed by atoms with Crippen molar-refractivity contribution in [2.75, 3.05) is 0 Å². The van der Waals surface area contributed by atoms with Crippen molar-refractivity contribution in [3.8, 4) is 0 Å². The Labute approximate surface area is 75.6 Å². The first-order chi connectivity index (χ1) is 5.79. The zero-order chi connectivity index (χ0) is 9.40. The SMILES string of the molecule is CCC.CCc1nccn1CC. The first kappa shape index (κ1) is 11.2. The highest BCUT2D eigenvalue weighted by atomic mass is 15.0. The van der Waals surface area contributed by atoms with Crippen molar-refractivity contribution in [2.24, 2.45) is 0 Å². The van der Waals surface area contributed by atoms with Gasteiger partial charge in [0.05, 0.1) is 0 Å². The van der Waals surface area contributed by atoms with Gasteiger partial charge in [-0.05, 0) is 6.92 Å². The highest BCUT2D eigenvalue weighted by molar-refractivity contribution is 4.90. The lowest BCUT2D eigenvalue weighted by Crippen LogP contribution is -1.98. The van der Waals surface area contributed by atoms with Crippen LogP contribution in [0.25, 0.3) is 0 Å². The highest BCUT2D eigenvalue weighted by Gasteiger charge is 1.94. The quantitative estimate of drug-likeness (QED) is 0.664. The molecule has 0 fully saturated rings. The van der Waals surface area contributed by atoms with Gasteiger partial charge in [0.15, 0.2) is 0 Å². The molecule has 0 aliphatic heterocycles. The summed E-state index contributed by atoms with van der Waals surface area (Å²) in [5.74, 6) is 1.18. The average Bonchev–Trinajstić information content (AvgIpc) is 2.52. The van der Waals surface area contributed by atoms with Crippen molar-refractivity contribution in [1.82, 2.24) is 9.55 Å². The second-order valence-corrected chi connectivity index (χ2v) is 2.69. The van der Waals surface area contributed by atoms with Gasteiger partial charge in [-0.3, -0.25) is 0 Å². The van der Waals surface area contributed by atoms with Crippen LogP contribution in [0.3, 0.4) is 0 Å². The molecule has 2 heteroatoms. The second-order valence-electron chi connectivity index (χ2n) is 2.69. The lowest BCUT2D eigenvalue weighted by molar-refractivity contribution is 0.705. The molecule has 1 aromatic rings. The van der Waals surface area contributed by atoms with E-state index in [0.29, 0.717) is 0 Å². The molecule has 1 aromatic heterocycles. The molecule has 2 nitrogen and oxygen atoms in total. The summed E-state index contributed by atoms with van der Waals surface area (Å²) in [5, 5.41) is 0. The smallest absolute Gasteiger partial charge is 0.108 e. The molecular weight excluding hydrogens is 148 g/mol. The Morgan fingerprint density at radius 3 is 2.17 bits per heavy atom. The molecule has 0 saturated carbocycles. The standard InChI is InChI=1S/C7H12N2.C3H8/c1-3-7-8-5-6-9(7)4-2;1-3-2/h5-6H,3-4H2,1-2H3;3H2,1-2H3. The van der Waals surface area contributed by atoms with Gasteiger partial charge in [-0.2, -0.15) is 0 Å². The number of hydrogen-bond acceptors (Lipinski definition) is 1. The van der Waals surface area contributed by atoms with Gasteiger partial charge in [0.25, 0.3) is 0 Å². The number of nitrogens with zero attached hydrogens (tertiary/aromatic N) is 2. The zero-order valence-electron chi connectivity index (χ0n) is 8.67. The van der Waals surface area contributed by atoms with Crippen molar-refractivity contribution >= 4 is 0 Å². The molecule has 12 heavy (non-hydrogen) atoms. The van der Waals surface area contributed by atoms with Crippen LogP contribution >= 0.6 is 0 Å². The third-order valence-electron chi connectivity index (χ3n) is 1.46. The van der Waals surface area contributed by atoms with Gasteiger partial charge < -0.3 is 4.57 Å². The lowest BCUT2D eigenvalue weighted by Gasteiger charge is -1.98. The summed E-state index contributed by atoms with van der Waals surface area (Å²) in [4.78, 5) is 4.17. The summed E-state index contributed by atoms with van der Waals surface area (Å²) < 4.78 is 2.15. The van der Waals surface area contributed by atoms with E-state index < -0.39 is 0 Å². The summed E-state index contributed by atoms with van der Waals surface area (Å²) in [5.41, 5.74) is 0. The molecule has 0 radical (unpaired) electrons. The molecule has 0 amide bonds. The van der Waals surface area contributed by atoms with Gasteiger partial charge in [-0.15, -0.1) is 0 Å². The fourth-order valence-corrected chi connectivity index (χ4v) is 0.942. The van der Waals surface area contributed by atoms with Gasteiger partial charge in [0.1, 0.15) is 5.82 Å². The molecule has 0 aliphatic carbocycles. The first-order valence-electron chi connectivity index (χ1n) is 4.80. The molecule has 0 bridgehead atoms. The number of aryl methyl sites for hydroxylation is 2. The number of aromatic nitrogens is 2. The molecule has 1 rings (SSSR count). The van der Waals surface area contributed by atoms with Crippen LogP contribution in [0, 0.1) is 0 Å². The molecule has 0 atom stereocenters. The van der Waals surface area contributed by atoms with Crippen molar-refractivity contribution in [2.45, 2.75) is 47.1 Å². The molecule has 70 valence electrons. The van der Waals surface area contributed by atoms with Crippen LogP contribution in [0.15, 0.2) is 12.4 Å². The van der Waals surface area contributed by atoms with Crippen LogP contribution in [0.4, 0.5) is 0 Å². The summed E-state index contributed by atoms with van der Waals surface area (Å²) >= 11 is 0. The van der Waals surface area contributed by atoms with E-state index in [1.807, 2.05) is 12.4 Å². The van der Waals surface area contributed by atoms with E-state index in [1.54, 1.807) is 0 Å². The Morgan fingerprint density at radius 1 is 1.25 bits per heavy atom. The maximum atomic E-state index is 4.17. The normalized spacial score (nSPS) is 9.00. The summed E-state index contributed by atoms with van der Waals surface area (Å²) in [7, 11) is 0. The van der Waals surface area contributed by atoms with Gasteiger partial charge in [-0.1, -0.05) is 27.2 Å². The monoisotopic (exact) mass is 168 g/mol. The summed E-state index contributed by atoms with van der Waals surface area (Å²) in [6, 6.07) is 0. The first-order valence-corrected chi connectivity index (χ1v) is 4.80. The van der Waals surface area contributed by atoms with Crippen molar-refractivity contribution < 1.29 is 0 Å². The fourth-order valence-electron chi connectivity index (χ4n) is 0.942. The van der Waals surface area contributed by atoms with Crippen molar-refractivity contribution in [3.63, 3.8) is 0 Å². The molecule has 0 aliphatic rings. The maximum Gasteiger partial charge on any atom is 0.108 e. The largest absolute Gasteiger partial charge is 0.335 e. The van der Waals surface area contributed by atoms with Crippen LogP contribution in [-0.2, 0) is 13.0 Å². The van der Waals surface area contributed by atoms with Crippen LogP contribution in [-0.4, -0.2) is 9.55 Å². The number of imidazole rings is 1. The number of hydrogen-bond donors (Lipinski definition) is 0. The van der Waals surface area contributed by atoms with E-state index in [2.05, 4.69) is 37.2 Å². The molecule has 0 saturated heterocycles. The van der Waals surface area contributed by atoms with Crippen LogP contribution in [0.1, 0.15) is 39.9 Å². The van der Waals surface area contributed by atoms with Gasteiger partial charge >= 0.3 is 0 Å². The Kier molecular flexibility index (Phi) is 6.44. The second kappa shape index (κ2) is 6.89. The number of rotatable bonds is 2. The van der Waals surface area contributed by atoms with Crippen LogP contribution in [0.2, 0.25) is 0 Å². The minimum Gasteiger partial charge on any atom is -0.335 e. The molecule has 1 heterocycles. The minimum absolute atomic E-state index is 1.03. The maximum absolute atomic E-state index is 4.17. The highest BCUT2D eigenvalue weighted by Crippen LogP contribution is 1.96. The average molecular weight is 168 g/mol. The predicted octanol–water partition coefficient (Wildman–Crippen LogP) is 2.88. The topological polar surface area (TPSA) is 17.8 Å². The predicted molar refractivity (Wildman–Crippen MR) is 53.2 cm³/mol. The van der Waals surface area contributed by atoms with E-state index in [9.17, 15) is 0 Å². The molecule has 0 spiro atoms. The third-order valence-corrected chi connectivity index (χ3v) is 1.46. The van der Waals surface area contributed by atoms with E-state index in [1.165, 1.54) is 12.2 Å². The van der Waals surface area contributed by atoms with E-state index in [-0.39, 0.29) is 0 Å². The zero-order valence-corrected chi connectivity index (χ0v) is 8.67. The van der Waals surface area contributed by atoms with E-state index in [4.69, 9.17) is 0 Å². The van der Waals surface area contributed by atoms with E-state index >= 15 is 0 Å². The van der Waals surface area contributed by atoms with Crippen molar-refractivity contribution in [3.05, 3.63) is 18.2 Å². The summed E-state index contributed by atoms with van der Waals surface area (Å²) in [6.45, 7) is 9.53. The molecule has 0 N–H and O–H groups in total. The van der Waals surface area contributed by atoms with Crippen LogP contribution in [0.5, 0.6) is 0 Å². The van der Waals surface area contributed by atoms with Gasteiger partial charge in [0, 0.05) is 25.4 Å². The lowest BCUT2D eigenvalue weighted by atomic mass is 10.4. The fraction of sp³-hybridized carbons (Fsp3) is 0.700. The van der Waals surface area contributed by atoms with Gasteiger partial charge in [0.2, 0.25) is 0 Å². The third kappa shape index (κ3) is 3.56. The Morgan fingerprint density at radius 2 is 1.83 bits per heavy atom. The van der Waals surface area contributed by atoms with Crippen LogP contribution < -0.4 is 0 Å².